The van der Waals surface area contributed by atoms with Crippen LogP contribution in [0, 0.1) is 0 Å². The normalized spacial score (nSPS) is 18.2. The monoisotopic (exact) mass is 266 g/mol. The van der Waals surface area contributed by atoms with Crippen molar-refractivity contribution in [1.29, 1.82) is 0 Å². The molecule has 0 radical (unpaired) electrons. The van der Waals surface area contributed by atoms with Crippen LogP contribution >= 0.6 is 12.4 Å². The lowest BCUT2D eigenvalue weighted by Crippen LogP contribution is -2.36. The van der Waals surface area contributed by atoms with Crippen LogP contribution in [0.5, 0.6) is 0 Å². The van der Waals surface area contributed by atoms with Gasteiger partial charge in [0.15, 0.2) is 0 Å². The highest BCUT2D eigenvalue weighted by Crippen LogP contribution is 2.32. The lowest BCUT2D eigenvalue weighted by molar-refractivity contribution is -0.140. The maximum atomic E-state index is 11.3. The van der Waals surface area contributed by atoms with E-state index in [9.17, 15) is 9.90 Å². The van der Waals surface area contributed by atoms with Gasteiger partial charge in [-0.25, -0.2) is 0 Å². The summed E-state index contributed by atoms with van der Waals surface area (Å²) in [5, 5.41) is 13.5. The molecule has 1 unspecified atom stereocenters. The van der Waals surface area contributed by atoms with Crippen molar-refractivity contribution in [2.24, 2.45) is 7.05 Å². The van der Waals surface area contributed by atoms with Crippen LogP contribution in [-0.4, -0.2) is 22.2 Å². The van der Waals surface area contributed by atoms with Gasteiger partial charge in [0.05, 0.1) is 5.69 Å². The van der Waals surface area contributed by atoms with Crippen molar-refractivity contribution >= 4 is 29.3 Å². The second-order valence-corrected chi connectivity index (χ2v) is 4.42. The van der Waals surface area contributed by atoms with Gasteiger partial charge in [0.2, 0.25) is 0 Å². The molecule has 1 aliphatic rings. The second-order valence-electron chi connectivity index (χ2n) is 4.42. The van der Waals surface area contributed by atoms with Crippen LogP contribution in [0.3, 0.4) is 0 Å². The molecule has 5 heteroatoms. The average Bonchev–Trinajstić information content (AvgIpc) is 2.64. The van der Waals surface area contributed by atoms with Crippen LogP contribution in [-0.2, 0) is 18.3 Å². The molecule has 0 saturated heterocycles. The number of aryl methyl sites for hydroxylation is 1. The molecule has 0 fully saturated rings. The number of aromatic nitrogens is 1. The molecule has 4 nitrogen and oxygen atoms in total. The molecule has 2 aromatic rings. The predicted molar refractivity (Wildman–Crippen MR) is 72.3 cm³/mol. The van der Waals surface area contributed by atoms with Gasteiger partial charge in [-0.05, 0) is 18.1 Å². The molecule has 2 heterocycles. The number of halogens is 1. The summed E-state index contributed by atoms with van der Waals surface area (Å²) in [7, 11) is 1.93. The minimum Gasteiger partial charge on any atom is -0.480 e. The Morgan fingerprint density at radius 1 is 1.44 bits per heavy atom. The van der Waals surface area contributed by atoms with E-state index in [-0.39, 0.29) is 12.4 Å². The standard InChI is InChI=1S/C13H14N2O2.ClH/c1-15-10-5-3-2-4-8(10)9-6-7-14-11(12(9)15)13(16)17;/h2-5,11,14H,6-7H2,1H3,(H,16,17);1H. The number of para-hydroxylation sites is 1. The Morgan fingerprint density at radius 3 is 2.89 bits per heavy atom. The van der Waals surface area contributed by atoms with E-state index in [2.05, 4.69) is 11.4 Å². The van der Waals surface area contributed by atoms with Crippen molar-refractivity contribution in [3.05, 3.63) is 35.5 Å². The molecule has 1 aromatic carbocycles. The summed E-state index contributed by atoms with van der Waals surface area (Å²) in [6, 6.07) is 7.50. The zero-order chi connectivity index (χ0) is 12.0. The Hall–Kier alpha value is -1.52. The van der Waals surface area contributed by atoms with Gasteiger partial charge in [0.25, 0.3) is 0 Å². The number of nitrogens with one attached hydrogen (secondary N) is 1. The zero-order valence-electron chi connectivity index (χ0n) is 10.0. The van der Waals surface area contributed by atoms with Crippen molar-refractivity contribution < 1.29 is 9.90 Å². The highest BCUT2D eigenvalue weighted by molar-refractivity contribution is 5.89. The van der Waals surface area contributed by atoms with Crippen LogP contribution < -0.4 is 5.32 Å². The first kappa shape index (κ1) is 12.9. The maximum absolute atomic E-state index is 11.3. The van der Waals surface area contributed by atoms with Crippen LogP contribution in [0.1, 0.15) is 17.3 Å². The second kappa shape index (κ2) is 4.63. The number of hydrogen-bond donors (Lipinski definition) is 2. The number of carbonyl (C=O) groups is 1. The fourth-order valence-corrected chi connectivity index (χ4v) is 2.76. The van der Waals surface area contributed by atoms with Gasteiger partial charge in [-0.15, -0.1) is 12.4 Å². The van der Waals surface area contributed by atoms with E-state index in [1.54, 1.807) is 0 Å². The minimum atomic E-state index is -0.808. The summed E-state index contributed by atoms with van der Waals surface area (Å²) in [4.78, 5) is 11.3. The number of fused-ring (bicyclic) bond motifs is 3. The summed E-state index contributed by atoms with van der Waals surface area (Å²) in [5.41, 5.74) is 3.17. The molecule has 1 aliphatic heterocycles. The Balaban J connectivity index is 0.00000120. The fourth-order valence-electron chi connectivity index (χ4n) is 2.76. The molecule has 0 amide bonds. The fraction of sp³-hybridized carbons (Fsp3) is 0.308. The van der Waals surface area contributed by atoms with Gasteiger partial charge in [-0.3, -0.25) is 10.1 Å². The summed E-state index contributed by atoms with van der Waals surface area (Å²) in [6.45, 7) is 0.720. The number of aliphatic carboxylic acids is 1. The highest BCUT2D eigenvalue weighted by atomic mass is 35.5. The van der Waals surface area contributed by atoms with E-state index in [0.29, 0.717) is 0 Å². The predicted octanol–water partition coefficient (Wildman–Crippen LogP) is 1.87. The third-order valence-electron chi connectivity index (χ3n) is 3.50. The lowest BCUT2D eigenvalue weighted by atomic mass is 9.99. The van der Waals surface area contributed by atoms with Crippen molar-refractivity contribution in [3.63, 3.8) is 0 Å². The van der Waals surface area contributed by atoms with Gasteiger partial charge in [-0.1, -0.05) is 18.2 Å². The van der Waals surface area contributed by atoms with E-state index < -0.39 is 12.0 Å². The molecule has 96 valence electrons. The molecule has 1 atom stereocenters. The minimum absolute atomic E-state index is 0. The number of carboxylic acids is 1. The highest BCUT2D eigenvalue weighted by Gasteiger charge is 2.30. The third kappa shape index (κ3) is 1.69. The largest absolute Gasteiger partial charge is 0.480 e. The Labute approximate surface area is 111 Å². The van der Waals surface area contributed by atoms with Gasteiger partial charge in [0.1, 0.15) is 6.04 Å². The molecule has 3 rings (SSSR count). The Bertz CT molecular complexity index is 606. The SMILES string of the molecule is Cl.Cn1c2c(c3ccccc31)CCNC2C(=O)O. The van der Waals surface area contributed by atoms with Gasteiger partial charge in [0, 0.05) is 24.5 Å². The number of nitrogens with zero attached hydrogens (tertiary/aromatic N) is 1. The van der Waals surface area contributed by atoms with Gasteiger partial charge >= 0.3 is 5.97 Å². The molecular formula is C13H15ClN2O2. The molecular weight excluding hydrogens is 252 g/mol. The summed E-state index contributed by atoms with van der Waals surface area (Å²) in [6.07, 6.45) is 0.889. The first-order chi connectivity index (χ1) is 8.20. The van der Waals surface area contributed by atoms with E-state index in [4.69, 9.17) is 0 Å². The van der Waals surface area contributed by atoms with Crippen molar-refractivity contribution in [3.8, 4) is 0 Å². The lowest BCUT2D eigenvalue weighted by Gasteiger charge is -2.22. The first-order valence-electron chi connectivity index (χ1n) is 5.72. The van der Waals surface area contributed by atoms with Crippen LogP contribution in [0.4, 0.5) is 0 Å². The molecule has 0 aliphatic carbocycles. The molecule has 0 saturated carbocycles. The van der Waals surface area contributed by atoms with Crippen LogP contribution in [0.15, 0.2) is 24.3 Å². The maximum Gasteiger partial charge on any atom is 0.326 e. The van der Waals surface area contributed by atoms with Crippen molar-refractivity contribution in [2.45, 2.75) is 12.5 Å². The topological polar surface area (TPSA) is 54.3 Å². The van der Waals surface area contributed by atoms with Crippen LogP contribution in [0.2, 0.25) is 0 Å². The molecule has 18 heavy (non-hydrogen) atoms. The summed E-state index contributed by atoms with van der Waals surface area (Å²) < 4.78 is 2.00. The number of benzene rings is 1. The smallest absolute Gasteiger partial charge is 0.326 e. The van der Waals surface area contributed by atoms with Crippen molar-refractivity contribution in [2.75, 3.05) is 6.54 Å². The summed E-state index contributed by atoms with van der Waals surface area (Å²) in [5.74, 6) is -0.808. The zero-order valence-corrected chi connectivity index (χ0v) is 10.8. The van der Waals surface area contributed by atoms with Crippen molar-refractivity contribution in [1.82, 2.24) is 9.88 Å². The Morgan fingerprint density at radius 2 is 2.17 bits per heavy atom. The molecule has 1 aromatic heterocycles. The molecule has 2 N–H and O–H groups in total. The Kier molecular flexibility index (Phi) is 3.32. The molecule has 0 bridgehead atoms. The van der Waals surface area contributed by atoms with E-state index in [1.165, 1.54) is 10.9 Å². The number of hydrogen-bond acceptors (Lipinski definition) is 2. The van der Waals surface area contributed by atoms with E-state index in [0.717, 1.165) is 24.2 Å². The van der Waals surface area contributed by atoms with Crippen LogP contribution in [0.25, 0.3) is 10.9 Å². The average molecular weight is 267 g/mol. The third-order valence-corrected chi connectivity index (χ3v) is 3.50. The van der Waals surface area contributed by atoms with Gasteiger partial charge in [-0.2, -0.15) is 0 Å². The van der Waals surface area contributed by atoms with E-state index in [1.807, 2.05) is 29.8 Å². The first-order valence-corrected chi connectivity index (χ1v) is 5.72. The summed E-state index contributed by atoms with van der Waals surface area (Å²) >= 11 is 0. The number of rotatable bonds is 1. The quantitative estimate of drug-likeness (QED) is 0.829. The van der Waals surface area contributed by atoms with Gasteiger partial charge < -0.3 is 9.67 Å². The number of carboxylic acid groups (broad SMARTS) is 1. The molecule has 0 spiro atoms. The van der Waals surface area contributed by atoms with E-state index >= 15 is 0 Å².